The molecule has 0 amide bonds. The normalized spacial score (nSPS) is 12.4. The van der Waals surface area contributed by atoms with E-state index in [4.69, 9.17) is 4.55 Å². The molecule has 0 saturated heterocycles. The molecule has 2 aromatic carbocycles. The number of hydrogen-bond donors (Lipinski definition) is 1. The van der Waals surface area contributed by atoms with Crippen molar-refractivity contribution in [2.45, 2.75) is 11.1 Å². The lowest BCUT2D eigenvalue weighted by atomic mass is 10.0. The zero-order valence-corrected chi connectivity index (χ0v) is 12.4. The molecule has 112 valence electrons. The third kappa shape index (κ3) is 3.43. The maximum Gasteiger partial charge on any atom is 0.416 e. The van der Waals surface area contributed by atoms with Gasteiger partial charge in [-0.1, -0.05) is 24.3 Å². The second kappa shape index (κ2) is 5.40. The molecule has 1 atom stereocenters. The summed E-state index contributed by atoms with van der Waals surface area (Å²) in [5.74, 6) is 0. The van der Waals surface area contributed by atoms with E-state index in [1.54, 1.807) is 6.07 Å². The van der Waals surface area contributed by atoms with Crippen LogP contribution in [0.2, 0.25) is 0 Å². The standard InChI is InChI=1S/C13H10F3O3PS/c14-13(15,16)9-6-4-8(5-7-9)10-2-1-3-11(12(10)20)21(17,18)19/h1-7H,20H2,(H,17,18,19). The topological polar surface area (TPSA) is 54.4 Å². The smallest absolute Gasteiger partial charge is 0.282 e. The second-order valence-electron chi connectivity index (χ2n) is 4.27. The van der Waals surface area contributed by atoms with Crippen LogP contribution in [0.25, 0.3) is 11.1 Å². The van der Waals surface area contributed by atoms with Crippen LogP contribution in [0, 0.1) is 0 Å². The number of halogens is 3. The van der Waals surface area contributed by atoms with Crippen LogP contribution in [-0.4, -0.2) is 13.0 Å². The summed E-state index contributed by atoms with van der Waals surface area (Å²) in [6.45, 7) is 0. The fourth-order valence-electron chi connectivity index (χ4n) is 1.86. The molecule has 21 heavy (non-hydrogen) atoms. The Morgan fingerprint density at radius 3 is 2.05 bits per heavy atom. The summed E-state index contributed by atoms with van der Waals surface area (Å²) in [7, 11) is -2.22. The quantitative estimate of drug-likeness (QED) is 0.678. The van der Waals surface area contributed by atoms with Crippen molar-refractivity contribution in [3.05, 3.63) is 48.0 Å². The predicted molar refractivity (Wildman–Crippen MR) is 76.0 cm³/mol. The molecule has 0 spiro atoms. The molecule has 1 N–H and O–H groups in total. The van der Waals surface area contributed by atoms with E-state index in [-0.39, 0.29) is 10.2 Å². The monoisotopic (exact) mass is 334 g/mol. The molecule has 0 radical (unpaired) electrons. The highest BCUT2D eigenvalue weighted by molar-refractivity contribution is 7.86. The molecule has 0 saturated carbocycles. The molecule has 0 heterocycles. The van der Waals surface area contributed by atoms with Gasteiger partial charge in [-0.3, -0.25) is 4.55 Å². The summed E-state index contributed by atoms with van der Waals surface area (Å²) in [4.78, 5) is -0.301. The Morgan fingerprint density at radius 2 is 1.57 bits per heavy atom. The Morgan fingerprint density at radius 1 is 1.00 bits per heavy atom. The number of alkyl halides is 3. The highest BCUT2D eigenvalue weighted by Crippen LogP contribution is 2.31. The summed E-state index contributed by atoms with van der Waals surface area (Å²) in [6.07, 6.45) is -4.43. The molecule has 1 unspecified atom stereocenters. The molecule has 0 bridgehead atoms. The van der Waals surface area contributed by atoms with E-state index in [9.17, 15) is 21.6 Å². The third-order valence-electron chi connectivity index (χ3n) is 2.87. The third-order valence-corrected chi connectivity index (χ3v) is 4.61. The molecule has 0 aliphatic rings. The average Bonchev–Trinajstić information content (AvgIpc) is 2.37. The zero-order chi connectivity index (χ0) is 15.8. The van der Waals surface area contributed by atoms with Crippen molar-refractivity contribution in [1.29, 1.82) is 0 Å². The van der Waals surface area contributed by atoms with E-state index in [1.165, 1.54) is 24.3 Å². The highest BCUT2D eigenvalue weighted by atomic mass is 32.2. The minimum Gasteiger partial charge on any atom is -0.282 e. The first-order valence-corrected chi connectivity index (χ1v) is 7.66. The van der Waals surface area contributed by atoms with Gasteiger partial charge in [-0.05, 0) is 34.6 Å². The van der Waals surface area contributed by atoms with E-state index in [2.05, 4.69) is 9.24 Å². The summed E-state index contributed by atoms with van der Waals surface area (Å²) >= 11 is 0. The second-order valence-corrected chi connectivity index (χ2v) is 6.23. The first-order valence-electron chi connectivity index (χ1n) is 5.64. The van der Waals surface area contributed by atoms with Crippen LogP contribution in [0.4, 0.5) is 13.2 Å². The Labute approximate surface area is 121 Å². The van der Waals surface area contributed by atoms with Crippen LogP contribution >= 0.6 is 9.24 Å². The summed E-state index contributed by atoms with van der Waals surface area (Å²) < 4.78 is 69.1. The average molecular weight is 334 g/mol. The number of benzene rings is 2. The Kier molecular flexibility index (Phi) is 4.10. The largest absolute Gasteiger partial charge is 0.416 e. The van der Waals surface area contributed by atoms with Crippen LogP contribution in [0.1, 0.15) is 5.56 Å². The Bertz CT molecular complexity index is 768. The summed E-state index contributed by atoms with van der Waals surface area (Å²) in [5.41, 5.74) is 0.0323. The lowest BCUT2D eigenvalue weighted by molar-refractivity contribution is -0.137. The van der Waals surface area contributed by atoms with Crippen molar-refractivity contribution < 1.29 is 26.1 Å². The van der Waals surface area contributed by atoms with Gasteiger partial charge < -0.3 is 0 Å². The van der Waals surface area contributed by atoms with Crippen molar-refractivity contribution in [1.82, 2.24) is 0 Å². The van der Waals surface area contributed by atoms with Gasteiger partial charge in [0.2, 0.25) is 0 Å². The molecule has 8 heteroatoms. The predicted octanol–water partition coefficient (Wildman–Crippen LogP) is 3.12. The molecular weight excluding hydrogens is 324 g/mol. The molecule has 2 rings (SSSR count). The van der Waals surface area contributed by atoms with Crippen LogP contribution in [0.15, 0.2) is 47.4 Å². The van der Waals surface area contributed by atoms with Gasteiger partial charge in [0, 0.05) is 0 Å². The molecule has 2 aromatic rings. The Hall–Kier alpha value is -1.43. The molecule has 0 fully saturated rings. The molecule has 0 aromatic heterocycles. The van der Waals surface area contributed by atoms with Crippen molar-refractivity contribution in [3.63, 3.8) is 0 Å². The van der Waals surface area contributed by atoms with Gasteiger partial charge in [0.1, 0.15) is 4.90 Å². The fraction of sp³-hybridized carbons (Fsp3) is 0.0769. The summed E-state index contributed by atoms with van der Waals surface area (Å²) in [5, 5.41) is 0.194. The van der Waals surface area contributed by atoms with Crippen LogP contribution < -0.4 is 5.30 Å². The lowest BCUT2D eigenvalue weighted by Crippen LogP contribution is -2.11. The minimum absolute atomic E-state index is 0.194. The van der Waals surface area contributed by atoms with E-state index in [0.717, 1.165) is 12.1 Å². The van der Waals surface area contributed by atoms with Gasteiger partial charge in [-0.15, -0.1) is 9.24 Å². The van der Waals surface area contributed by atoms with Gasteiger partial charge in [0.15, 0.2) is 0 Å². The minimum atomic E-state index is -4.43. The first kappa shape index (κ1) is 15.9. The van der Waals surface area contributed by atoms with Gasteiger partial charge in [-0.25, -0.2) is 0 Å². The van der Waals surface area contributed by atoms with Crippen molar-refractivity contribution in [2.75, 3.05) is 0 Å². The maximum atomic E-state index is 12.5. The lowest BCUT2D eigenvalue weighted by Gasteiger charge is -2.11. The number of rotatable bonds is 2. The highest BCUT2D eigenvalue weighted by Gasteiger charge is 2.30. The fourth-order valence-corrected chi connectivity index (χ4v) is 3.30. The number of hydrogen-bond acceptors (Lipinski definition) is 2. The molecule has 3 nitrogen and oxygen atoms in total. The van der Waals surface area contributed by atoms with Crippen LogP contribution in [0.5, 0.6) is 0 Å². The van der Waals surface area contributed by atoms with Gasteiger partial charge in [0.25, 0.3) is 10.1 Å². The Balaban J connectivity index is 2.53. The zero-order valence-electron chi connectivity index (χ0n) is 10.4. The van der Waals surface area contributed by atoms with E-state index in [1.807, 2.05) is 0 Å². The first-order chi connectivity index (χ1) is 9.60. The van der Waals surface area contributed by atoms with Crippen molar-refractivity contribution in [2.24, 2.45) is 0 Å². The van der Waals surface area contributed by atoms with Crippen LogP contribution in [-0.2, 0) is 16.3 Å². The summed E-state index contributed by atoms with van der Waals surface area (Å²) in [6, 6.07) is 8.51. The van der Waals surface area contributed by atoms with E-state index >= 15 is 0 Å². The van der Waals surface area contributed by atoms with E-state index in [0.29, 0.717) is 11.1 Å². The molecule has 0 aliphatic heterocycles. The van der Waals surface area contributed by atoms with Crippen molar-refractivity contribution in [3.8, 4) is 11.1 Å². The van der Waals surface area contributed by atoms with Crippen molar-refractivity contribution >= 4 is 24.7 Å². The van der Waals surface area contributed by atoms with E-state index < -0.39 is 21.9 Å². The van der Waals surface area contributed by atoms with Gasteiger partial charge >= 0.3 is 6.18 Å². The maximum absolute atomic E-state index is 12.5. The molecular formula is C13H10F3O3PS. The SMILES string of the molecule is O=S(=O)(O)c1cccc(-c2ccc(C(F)(F)F)cc2)c1P. The van der Waals surface area contributed by atoms with Gasteiger partial charge in [-0.2, -0.15) is 21.6 Å². The van der Waals surface area contributed by atoms with Crippen LogP contribution in [0.3, 0.4) is 0 Å². The van der Waals surface area contributed by atoms with Gasteiger partial charge in [0.05, 0.1) is 5.56 Å². The molecule has 0 aliphatic carbocycles.